The van der Waals surface area contributed by atoms with Crippen molar-refractivity contribution in [1.82, 2.24) is 24.3 Å². The predicted molar refractivity (Wildman–Crippen MR) is 125 cm³/mol. The van der Waals surface area contributed by atoms with Gasteiger partial charge in [0.15, 0.2) is 0 Å². The Bertz CT molecular complexity index is 1340. The molecule has 0 radical (unpaired) electrons. The van der Waals surface area contributed by atoms with Gasteiger partial charge in [-0.1, -0.05) is 11.3 Å². The molecule has 0 saturated heterocycles. The van der Waals surface area contributed by atoms with Crippen LogP contribution in [0, 0.1) is 6.92 Å². The minimum atomic E-state index is -3.97. The highest BCUT2D eigenvalue weighted by atomic mass is 32.2. The molecule has 1 fully saturated rings. The van der Waals surface area contributed by atoms with Gasteiger partial charge in [0.1, 0.15) is 15.3 Å². The number of nitrogens with zero attached hydrogens (tertiary/aromatic N) is 4. The van der Waals surface area contributed by atoms with E-state index in [4.69, 9.17) is 4.74 Å². The highest BCUT2D eigenvalue weighted by molar-refractivity contribution is 7.89. The molecule has 1 aliphatic carbocycles. The Morgan fingerprint density at radius 1 is 1.29 bits per heavy atom. The topological polar surface area (TPSA) is 156 Å². The van der Waals surface area contributed by atoms with Crippen LogP contribution in [-0.2, 0) is 20.2 Å². The highest BCUT2D eigenvalue weighted by Crippen LogP contribution is 2.34. The largest absolute Gasteiger partial charge is 0.481 e. The van der Waals surface area contributed by atoms with Crippen molar-refractivity contribution in [2.24, 2.45) is 0 Å². The fourth-order valence-electron chi connectivity index (χ4n) is 3.91. The maximum absolute atomic E-state index is 13.2. The normalized spacial score (nSPS) is 19.4. The summed E-state index contributed by atoms with van der Waals surface area (Å²) in [6.45, 7) is 4.90. The van der Waals surface area contributed by atoms with Crippen molar-refractivity contribution in [3.63, 3.8) is 0 Å². The van der Waals surface area contributed by atoms with Gasteiger partial charge in [0.25, 0.3) is 0 Å². The molecule has 0 bridgehead atoms. The molecule has 3 aromatic rings. The van der Waals surface area contributed by atoms with E-state index in [0.717, 1.165) is 0 Å². The van der Waals surface area contributed by atoms with Crippen molar-refractivity contribution >= 4 is 32.3 Å². The lowest BCUT2D eigenvalue weighted by atomic mass is 9.94. The number of rotatable bonds is 7. The lowest BCUT2D eigenvalue weighted by Crippen LogP contribution is -2.38. The van der Waals surface area contributed by atoms with Crippen molar-refractivity contribution in [3.8, 4) is 17.1 Å². The third kappa shape index (κ3) is 4.40. The molecule has 184 valence electrons. The number of aryl methyl sites for hydroxylation is 1. The van der Waals surface area contributed by atoms with Crippen LogP contribution in [0.1, 0.15) is 50.2 Å². The van der Waals surface area contributed by atoms with Crippen LogP contribution in [0.2, 0.25) is 0 Å². The summed E-state index contributed by atoms with van der Waals surface area (Å²) in [5, 5.41) is 24.1. The van der Waals surface area contributed by atoms with Crippen molar-refractivity contribution in [1.29, 1.82) is 0 Å². The lowest BCUT2D eigenvalue weighted by Gasteiger charge is -2.26. The lowest BCUT2D eigenvalue weighted by molar-refractivity contribution is -0.142. The van der Waals surface area contributed by atoms with E-state index in [1.165, 1.54) is 35.2 Å². The Morgan fingerprint density at radius 3 is 2.59 bits per heavy atom. The molecule has 0 spiro atoms. The number of hydrogen-bond acceptors (Lipinski definition) is 9. The third-order valence-corrected chi connectivity index (χ3v) is 8.79. The second-order valence-electron chi connectivity index (χ2n) is 8.94. The maximum Gasteiger partial charge on any atom is 0.316 e. The highest BCUT2D eigenvalue weighted by Gasteiger charge is 2.35. The van der Waals surface area contributed by atoms with Crippen LogP contribution < -0.4 is 9.46 Å². The maximum atomic E-state index is 13.2. The molecule has 0 aliphatic heterocycles. The molecule has 3 N–H and O–H groups in total. The fraction of sp³-hybridized carbons (Fsp3) is 0.524. The van der Waals surface area contributed by atoms with Gasteiger partial charge >= 0.3 is 5.97 Å². The molecule has 0 aromatic carbocycles. The number of hydrogen-bond donors (Lipinski definition) is 3. The number of imidazole rings is 1. The Labute approximate surface area is 200 Å². The van der Waals surface area contributed by atoms with E-state index in [1.807, 2.05) is 0 Å². The number of carboxylic acids is 1. The fourth-order valence-corrected chi connectivity index (χ4v) is 6.40. The Kier molecular flexibility index (Phi) is 6.40. The number of aliphatic hydroxyl groups is 1. The van der Waals surface area contributed by atoms with Crippen LogP contribution in [0.25, 0.3) is 16.2 Å². The zero-order chi connectivity index (χ0) is 24.8. The van der Waals surface area contributed by atoms with E-state index in [1.54, 1.807) is 20.8 Å². The molecular weight excluding hydrogens is 482 g/mol. The van der Waals surface area contributed by atoms with Crippen LogP contribution in [0.5, 0.6) is 5.88 Å². The molecule has 0 atom stereocenters. The summed E-state index contributed by atoms with van der Waals surface area (Å²) in [7, 11) is -2.63. The summed E-state index contributed by atoms with van der Waals surface area (Å²) in [5.74, 6) is -1.06. The molecule has 0 unspecified atom stereocenters. The number of aliphatic carboxylic acids is 1. The summed E-state index contributed by atoms with van der Waals surface area (Å²) in [5.41, 5.74) is 0.366. The summed E-state index contributed by atoms with van der Waals surface area (Å²) < 4.78 is 36.0. The van der Waals surface area contributed by atoms with Gasteiger partial charge < -0.3 is 14.9 Å². The quantitative estimate of drug-likeness (QED) is 0.434. The van der Waals surface area contributed by atoms with Gasteiger partial charge in [0, 0.05) is 17.8 Å². The molecule has 13 heteroatoms. The average molecular weight is 510 g/mol. The predicted octanol–water partition coefficient (Wildman–Crippen LogP) is 2.11. The molecule has 1 saturated carbocycles. The van der Waals surface area contributed by atoms with Gasteiger partial charge in [-0.25, -0.2) is 27.6 Å². The first-order valence-corrected chi connectivity index (χ1v) is 13.1. The van der Waals surface area contributed by atoms with Crippen LogP contribution in [0.4, 0.5) is 0 Å². The minimum Gasteiger partial charge on any atom is -0.481 e. The molecule has 1 aliphatic rings. The van der Waals surface area contributed by atoms with Crippen LogP contribution in [-0.4, -0.2) is 63.4 Å². The van der Waals surface area contributed by atoms with Gasteiger partial charge in [-0.05, 0) is 52.5 Å². The monoisotopic (exact) mass is 509 g/mol. The van der Waals surface area contributed by atoms with Crippen molar-refractivity contribution in [2.75, 3.05) is 7.11 Å². The number of pyridine rings is 1. The van der Waals surface area contributed by atoms with Crippen molar-refractivity contribution in [3.05, 3.63) is 23.0 Å². The first-order chi connectivity index (χ1) is 15.9. The number of carbonyl (C=O) groups is 1. The summed E-state index contributed by atoms with van der Waals surface area (Å²) in [4.78, 5) is 20.8. The number of carboxylic acid groups (broad SMARTS) is 1. The van der Waals surface area contributed by atoms with Crippen LogP contribution in [0.3, 0.4) is 0 Å². The zero-order valence-electron chi connectivity index (χ0n) is 19.3. The molecule has 11 nitrogen and oxygen atoms in total. The summed E-state index contributed by atoms with van der Waals surface area (Å²) in [6.07, 6.45) is 3.23. The van der Waals surface area contributed by atoms with Gasteiger partial charge in [-0.15, -0.1) is 0 Å². The number of fused-ring (bicyclic) bond motifs is 1. The van der Waals surface area contributed by atoms with E-state index < -0.39 is 27.5 Å². The summed E-state index contributed by atoms with van der Waals surface area (Å²) in [6, 6.07) is 1.17. The van der Waals surface area contributed by atoms with E-state index in [2.05, 4.69) is 19.8 Å². The smallest absolute Gasteiger partial charge is 0.316 e. The minimum absolute atomic E-state index is 0.0449. The van der Waals surface area contributed by atoms with E-state index in [0.29, 0.717) is 52.6 Å². The average Bonchev–Trinajstić information content (AvgIpc) is 3.32. The van der Waals surface area contributed by atoms with Gasteiger partial charge in [-0.2, -0.15) is 5.10 Å². The molecule has 0 amide bonds. The van der Waals surface area contributed by atoms with Crippen LogP contribution >= 0.6 is 11.3 Å². The number of nitrogens with one attached hydrogen (secondary N) is 1. The van der Waals surface area contributed by atoms with Crippen molar-refractivity contribution in [2.45, 2.75) is 68.9 Å². The third-order valence-electron chi connectivity index (χ3n) is 6.04. The first kappa shape index (κ1) is 24.5. The van der Waals surface area contributed by atoms with Gasteiger partial charge in [0.2, 0.25) is 20.9 Å². The Morgan fingerprint density at radius 2 is 1.97 bits per heavy atom. The summed E-state index contributed by atoms with van der Waals surface area (Å²) >= 11 is 1.17. The number of ether oxygens (including phenoxy) is 1. The zero-order valence-corrected chi connectivity index (χ0v) is 20.9. The van der Waals surface area contributed by atoms with E-state index in [9.17, 15) is 23.4 Å². The molecule has 3 aromatic heterocycles. The molecular formula is C21H27N5O6S2. The molecule has 4 rings (SSSR count). The molecule has 3 heterocycles. The number of aromatic nitrogens is 4. The number of aliphatic hydroxyl groups excluding tert-OH is 1. The number of sulfonamides is 1. The standard InChI is InChI=1S/C21H27N5O6S2/c1-11-16(26-20(23-11)33-18(24-26)21(2,3)19(28)29)12-9-15(17(32-4)22-10-12)34(30,31)25-13-5-7-14(27)8-6-13/h9-10,13-14,25,27H,5-8H2,1-4H3,(H,28,29)/t13-,14+. The van der Waals surface area contributed by atoms with E-state index in [-0.39, 0.29) is 16.8 Å². The van der Waals surface area contributed by atoms with E-state index >= 15 is 0 Å². The second-order valence-corrected chi connectivity index (χ2v) is 11.6. The number of methoxy groups -OCH3 is 1. The Hall–Kier alpha value is -2.61. The second kappa shape index (κ2) is 8.87. The van der Waals surface area contributed by atoms with Gasteiger partial charge in [-0.3, -0.25) is 4.79 Å². The van der Waals surface area contributed by atoms with Crippen LogP contribution in [0.15, 0.2) is 17.2 Å². The molecule has 34 heavy (non-hydrogen) atoms. The van der Waals surface area contributed by atoms with Crippen molar-refractivity contribution < 1.29 is 28.2 Å². The first-order valence-electron chi connectivity index (χ1n) is 10.8. The van der Waals surface area contributed by atoms with Gasteiger partial charge in [0.05, 0.1) is 24.6 Å². The SMILES string of the molecule is COc1ncc(-c2c(C)nc3sc(C(C)(C)C(=O)O)nn23)cc1S(=O)(=O)N[C@H]1CC[C@@H](O)CC1. The Balaban J connectivity index is 1.76.